The number of aromatic nitrogens is 2. The molecule has 3 heterocycles. The molecule has 0 amide bonds. The minimum absolute atomic E-state index is 0.762. The smallest absolute Gasteiger partial charge is 0.226 e. The Morgan fingerprint density at radius 3 is 2.65 bits per heavy atom. The van der Waals surface area contributed by atoms with Gasteiger partial charge in [-0.1, -0.05) is 0 Å². The number of nitrogens with one attached hydrogen (secondary N) is 1. The van der Waals surface area contributed by atoms with Crippen LogP contribution in [0.5, 0.6) is 0 Å². The highest BCUT2D eigenvalue weighted by Gasteiger charge is 2.38. The van der Waals surface area contributed by atoms with Gasteiger partial charge in [0.05, 0.1) is 0 Å². The van der Waals surface area contributed by atoms with Crippen LogP contribution in [0.1, 0.15) is 25.7 Å². The van der Waals surface area contributed by atoms with Crippen LogP contribution >= 0.6 is 0 Å². The summed E-state index contributed by atoms with van der Waals surface area (Å²) >= 11 is 0. The lowest BCUT2D eigenvalue weighted by atomic mass is 9.91. The zero-order valence-electron chi connectivity index (χ0n) is 12.7. The van der Waals surface area contributed by atoms with Crippen molar-refractivity contribution < 1.29 is 0 Å². The fourth-order valence-corrected chi connectivity index (χ4v) is 3.60. The molecule has 3 rings (SSSR count). The van der Waals surface area contributed by atoms with E-state index < -0.39 is 0 Å². The van der Waals surface area contributed by atoms with Crippen LogP contribution in [0.3, 0.4) is 0 Å². The standard InChI is InChI=1S/C15H25N5/c1-19(2)15-16-7-6-14(18-15)17-10-11-8-12-4-5-13(9-11)20(12)3/h6-7,11-13H,4-5,8-10H2,1-3H3,(H,16,17,18). The van der Waals surface area contributed by atoms with Crippen LogP contribution in [0.4, 0.5) is 11.8 Å². The Labute approximate surface area is 121 Å². The van der Waals surface area contributed by atoms with Crippen molar-refractivity contribution in [3.05, 3.63) is 12.3 Å². The predicted molar refractivity (Wildman–Crippen MR) is 82.1 cm³/mol. The van der Waals surface area contributed by atoms with Gasteiger partial charge < -0.3 is 15.1 Å². The number of hydrogen-bond donors (Lipinski definition) is 1. The molecular formula is C15H25N5. The molecule has 0 aliphatic carbocycles. The minimum Gasteiger partial charge on any atom is -0.370 e. The van der Waals surface area contributed by atoms with Crippen molar-refractivity contribution in [2.24, 2.45) is 5.92 Å². The third kappa shape index (κ3) is 2.73. The number of piperidine rings is 1. The summed E-state index contributed by atoms with van der Waals surface area (Å²) in [5.41, 5.74) is 0. The number of nitrogens with zero attached hydrogens (tertiary/aromatic N) is 4. The summed E-state index contributed by atoms with van der Waals surface area (Å²) in [7, 11) is 6.22. The van der Waals surface area contributed by atoms with Gasteiger partial charge in [0.2, 0.25) is 5.95 Å². The highest BCUT2D eigenvalue weighted by Crippen LogP contribution is 2.37. The Kier molecular flexibility index (Phi) is 3.78. The van der Waals surface area contributed by atoms with Crippen LogP contribution in [-0.4, -0.2) is 54.6 Å². The van der Waals surface area contributed by atoms with Gasteiger partial charge in [-0.15, -0.1) is 0 Å². The first-order chi connectivity index (χ1) is 9.63. The molecule has 2 aliphatic heterocycles. The lowest BCUT2D eigenvalue weighted by Gasteiger charge is -2.36. The lowest BCUT2D eigenvalue weighted by Crippen LogP contribution is -2.41. The van der Waals surface area contributed by atoms with E-state index in [1.807, 2.05) is 31.3 Å². The van der Waals surface area contributed by atoms with E-state index in [4.69, 9.17) is 0 Å². The monoisotopic (exact) mass is 275 g/mol. The van der Waals surface area contributed by atoms with Crippen molar-refractivity contribution in [1.29, 1.82) is 0 Å². The molecule has 2 bridgehead atoms. The SMILES string of the molecule is CN(C)c1nccc(NCC2CC3CCC(C2)N3C)n1. The Morgan fingerprint density at radius 1 is 1.30 bits per heavy atom. The van der Waals surface area contributed by atoms with Crippen molar-refractivity contribution in [1.82, 2.24) is 14.9 Å². The molecule has 0 radical (unpaired) electrons. The number of hydrogen-bond acceptors (Lipinski definition) is 5. The molecule has 2 aliphatic rings. The summed E-state index contributed by atoms with van der Waals surface area (Å²) in [6.45, 7) is 1.03. The first-order valence-corrected chi connectivity index (χ1v) is 7.59. The Bertz CT molecular complexity index is 447. The second-order valence-corrected chi connectivity index (χ2v) is 6.41. The average Bonchev–Trinajstić information content (AvgIpc) is 2.67. The molecular weight excluding hydrogens is 250 g/mol. The Morgan fingerprint density at radius 2 is 2.00 bits per heavy atom. The predicted octanol–water partition coefficient (Wildman–Crippen LogP) is 1.83. The van der Waals surface area contributed by atoms with Crippen molar-refractivity contribution in [2.75, 3.05) is 37.9 Å². The quantitative estimate of drug-likeness (QED) is 0.908. The van der Waals surface area contributed by atoms with E-state index >= 15 is 0 Å². The van der Waals surface area contributed by atoms with Gasteiger partial charge >= 0.3 is 0 Å². The summed E-state index contributed by atoms with van der Waals surface area (Å²) in [4.78, 5) is 13.3. The number of anilines is 2. The highest BCUT2D eigenvalue weighted by molar-refractivity contribution is 5.40. The molecule has 5 nitrogen and oxygen atoms in total. The van der Waals surface area contributed by atoms with Gasteiger partial charge in [-0.25, -0.2) is 4.98 Å². The first-order valence-electron chi connectivity index (χ1n) is 7.59. The molecule has 110 valence electrons. The van der Waals surface area contributed by atoms with Gasteiger partial charge in [-0.3, -0.25) is 0 Å². The van der Waals surface area contributed by atoms with Gasteiger partial charge in [0.1, 0.15) is 5.82 Å². The molecule has 2 atom stereocenters. The molecule has 2 saturated heterocycles. The average molecular weight is 275 g/mol. The molecule has 1 N–H and O–H groups in total. The Balaban J connectivity index is 1.56. The van der Waals surface area contributed by atoms with E-state index in [2.05, 4.69) is 27.2 Å². The number of fused-ring (bicyclic) bond motifs is 2. The molecule has 1 aromatic heterocycles. The van der Waals surface area contributed by atoms with Crippen LogP contribution in [-0.2, 0) is 0 Å². The van der Waals surface area contributed by atoms with Crippen LogP contribution in [0.2, 0.25) is 0 Å². The van der Waals surface area contributed by atoms with Crippen molar-refractivity contribution in [3.63, 3.8) is 0 Å². The van der Waals surface area contributed by atoms with Gasteiger partial charge in [0.25, 0.3) is 0 Å². The third-order valence-corrected chi connectivity index (χ3v) is 4.81. The van der Waals surface area contributed by atoms with Gasteiger partial charge in [-0.05, 0) is 44.7 Å². The van der Waals surface area contributed by atoms with Crippen LogP contribution < -0.4 is 10.2 Å². The van der Waals surface area contributed by atoms with Crippen molar-refractivity contribution >= 4 is 11.8 Å². The molecule has 1 aromatic rings. The van der Waals surface area contributed by atoms with Crippen LogP contribution in [0, 0.1) is 5.92 Å². The molecule has 5 heteroatoms. The summed E-state index contributed by atoms with van der Waals surface area (Å²) in [6, 6.07) is 3.57. The zero-order chi connectivity index (χ0) is 14.1. The van der Waals surface area contributed by atoms with Gasteiger partial charge in [-0.2, -0.15) is 4.98 Å². The largest absolute Gasteiger partial charge is 0.370 e. The second-order valence-electron chi connectivity index (χ2n) is 6.41. The van der Waals surface area contributed by atoms with Gasteiger partial charge in [0, 0.05) is 38.9 Å². The highest BCUT2D eigenvalue weighted by atomic mass is 15.2. The van der Waals surface area contributed by atoms with E-state index in [0.29, 0.717) is 0 Å². The first kappa shape index (κ1) is 13.6. The molecule has 0 aromatic carbocycles. The molecule has 0 saturated carbocycles. The lowest BCUT2D eigenvalue weighted by molar-refractivity contribution is 0.139. The normalized spacial score (nSPS) is 29.4. The molecule has 0 spiro atoms. The van der Waals surface area contributed by atoms with Crippen molar-refractivity contribution in [3.8, 4) is 0 Å². The van der Waals surface area contributed by atoms with E-state index in [1.165, 1.54) is 25.7 Å². The van der Waals surface area contributed by atoms with Gasteiger partial charge in [0.15, 0.2) is 0 Å². The fourth-order valence-electron chi connectivity index (χ4n) is 3.60. The summed E-state index contributed by atoms with van der Waals surface area (Å²) in [5.74, 6) is 2.48. The maximum absolute atomic E-state index is 4.52. The Hall–Kier alpha value is -1.36. The van der Waals surface area contributed by atoms with E-state index in [9.17, 15) is 0 Å². The zero-order valence-corrected chi connectivity index (χ0v) is 12.7. The maximum Gasteiger partial charge on any atom is 0.226 e. The second kappa shape index (κ2) is 5.56. The van der Waals surface area contributed by atoms with Crippen molar-refractivity contribution in [2.45, 2.75) is 37.8 Å². The van der Waals surface area contributed by atoms with E-state index in [1.54, 1.807) is 0 Å². The summed E-state index contributed by atoms with van der Waals surface area (Å²) < 4.78 is 0. The molecule has 2 fully saturated rings. The maximum atomic E-state index is 4.52. The van der Waals surface area contributed by atoms with Crippen LogP contribution in [0.15, 0.2) is 12.3 Å². The van der Waals surface area contributed by atoms with E-state index in [-0.39, 0.29) is 0 Å². The minimum atomic E-state index is 0.762. The molecule has 2 unspecified atom stereocenters. The summed E-state index contributed by atoms with van der Waals surface area (Å²) in [5, 5.41) is 3.50. The number of rotatable bonds is 4. The topological polar surface area (TPSA) is 44.3 Å². The summed E-state index contributed by atoms with van der Waals surface area (Å²) in [6.07, 6.45) is 7.24. The molecule has 20 heavy (non-hydrogen) atoms. The van der Waals surface area contributed by atoms with E-state index in [0.717, 1.165) is 36.3 Å². The van der Waals surface area contributed by atoms with Crippen LogP contribution in [0.25, 0.3) is 0 Å². The fraction of sp³-hybridized carbons (Fsp3) is 0.733. The third-order valence-electron chi connectivity index (χ3n) is 4.81.